The van der Waals surface area contributed by atoms with Crippen molar-refractivity contribution in [3.63, 3.8) is 0 Å². The Labute approximate surface area is 173 Å². The van der Waals surface area contributed by atoms with Gasteiger partial charge in [-0.2, -0.15) is 0 Å². The molecule has 1 aliphatic heterocycles. The molecule has 0 spiro atoms. The molecule has 2 aromatic carbocycles. The fraction of sp³-hybridized carbons (Fsp3) is 0.125. The van der Waals surface area contributed by atoms with Crippen molar-refractivity contribution in [1.29, 1.82) is 0 Å². The van der Waals surface area contributed by atoms with Crippen molar-refractivity contribution in [3.8, 4) is 11.3 Å². The van der Waals surface area contributed by atoms with Crippen LogP contribution in [0.4, 0.5) is 0 Å². The number of carbonyl (C=O) groups excluding carboxylic acids is 2. The molecule has 30 heavy (non-hydrogen) atoms. The van der Waals surface area contributed by atoms with Gasteiger partial charge in [0, 0.05) is 17.2 Å². The van der Waals surface area contributed by atoms with E-state index in [1.807, 2.05) is 31.2 Å². The van der Waals surface area contributed by atoms with E-state index < -0.39 is 5.97 Å². The first-order valence-electron chi connectivity index (χ1n) is 9.50. The van der Waals surface area contributed by atoms with Gasteiger partial charge in [0.15, 0.2) is 5.70 Å². The molecule has 1 aliphatic rings. The van der Waals surface area contributed by atoms with Gasteiger partial charge in [-0.1, -0.05) is 29.8 Å². The van der Waals surface area contributed by atoms with Gasteiger partial charge < -0.3 is 13.9 Å². The molecule has 0 unspecified atom stereocenters. The molecule has 0 fully saturated rings. The lowest BCUT2D eigenvalue weighted by Crippen LogP contribution is -2.05. The maximum atomic E-state index is 12.2. The third-order valence-electron chi connectivity index (χ3n) is 4.51. The molecule has 6 nitrogen and oxygen atoms in total. The fourth-order valence-electron chi connectivity index (χ4n) is 2.93. The van der Waals surface area contributed by atoms with Gasteiger partial charge in [0.1, 0.15) is 11.5 Å². The summed E-state index contributed by atoms with van der Waals surface area (Å²) < 4.78 is 16.1. The monoisotopic (exact) mass is 401 g/mol. The van der Waals surface area contributed by atoms with Gasteiger partial charge in [0.05, 0.1) is 12.2 Å². The van der Waals surface area contributed by atoms with E-state index >= 15 is 0 Å². The number of aryl methyl sites for hydroxylation is 1. The zero-order valence-electron chi connectivity index (χ0n) is 16.5. The summed E-state index contributed by atoms with van der Waals surface area (Å²) in [7, 11) is 0. The van der Waals surface area contributed by atoms with Gasteiger partial charge in [-0.25, -0.2) is 14.6 Å². The van der Waals surface area contributed by atoms with Crippen molar-refractivity contribution in [2.75, 3.05) is 6.61 Å². The smallest absolute Gasteiger partial charge is 0.363 e. The molecule has 0 radical (unpaired) electrons. The number of nitrogens with zero attached hydrogens (tertiary/aromatic N) is 1. The van der Waals surface area contributed by atoms with E-state index in [4.69, 9.17) is 13.9 Å². The average molecular weight is 401 g/mol. The molecule has 0 aliphatic carbocycles. The number of hydrogen-bond acceptors (Lipinski definition) is 6. The Morgan fingerprint density at radius 3 is 2.40 bits per heavy atom. The minimum atomic E-state index is -0.526. The summed E-state index contributed by atoms with van der Waals surface area (Å²) in [6.45, 7) is 4.07. The number of carbonyl (C=O) groups is 2. The predicted molar refractivity (Wildman–Crippen MR) is 112 cm³/mol. The number of hydrogen-bond donors (Lipinski definition) is 0. The number of cyclic esters (lactones) is 1. The Morgan fingerprint density at radius 2 is 1.70 bits per heavy atom. The molecule has 4 rings (SSSR count). The summed E-state index contributed by atoms with van der Waals surface area (Å²) >= 11 is 0. The van der Waals surface area contributed by atoms with E-state index in [1.54, 1.807) is 49.4 Å². The van der Waals surface area contributed by atoms with E-state index in [0.29, 0.717) is 23.7 Å². The van der Waals surface area contributed by atoms with Crippen LogP contribution in [0.5, 0.6) is 0 Å². The Morgan fingerprint density at radius 1 is 1.00 bits per heavy atom. The van der Waals surface area contributed by atoms with Crippen LogP contribution in [0.15, 0.2) is 75.8 Å². The number of aliphatic imine (C=N–C) groups is 1. The Kier molecular flexibility index (Phi) is 5.30. The number of esters is 2. The second-order valence-corrected chi connectivity index (χ2v) is 6.70. The predicted octanol–water partition coefficient (Wildman–Crippen LogP) is 4.78. The highest BCUT2D eigenvalue weighted by Crippen LogP contribution is 2.26. The maximum Gasteiger partial charge on any atom is 0.363 e. The molecule has 3 aromatic rings. The van der Waals surface area contributed by atoms with Gasteiger partial charge in [-0.3, -0.25) is 0 Å². The zero-order chi connectivity index (χ0) is 21.1. The molecule has 0 saturated carbocycles. The highest BCUT2D eigenvalue weighted by Gasteiger charge is 2.24. The van der Waals surface area contributed by atoms with E-state index in [1.165, 1.54) is 0 Å². The number of benzene rings is 2. The number of furan rings is 1. The van der Waals surface area contributed by atoms with Gasteiger partial charge in [0.25, 0.3) is 0 Å². The van der Waals surface area contributed by atoms with Gasteiger partial charge in [-0.15, -0.1) is 0 Å². The number of ether oxygens (including phenoxy) is 2. The first-order chi connectivity index (χ1) is 14.5. The molecule has 0 bridgehead atoms. The minimum absolute atomic E-state index is 0.170. The summed E-state index contributed by atoms with van der Waals surface area (Å²) in [4.78, 5) is 28.2. The molecule has 150 valence electrons. The van der Waals surface area contributed by atoms with E-state index in [0.717, 1.165) is 16.7 Å². The number of rotatable bonds is 5. The third-order valence-corrected chi connectivity index (χ3v) is 4.51. The molecular weight excluding hydrogens is 382 g/mol. The van der Waals surface area contributed by atoms with Crippen LogP contribution in [0.1, 0.15) is 34.2 Å². The zero-order valence-corrected chi connectivity index (χ0v) is 16.5. The first kappa shape index (κ1) is 19.4. The standard InChI is InChI=1S/C24H19NO5/c1-3-28-23(26)18-10-8-16(9-11-18)21-13-12-19(29-21)14-20-24(27)30-22(25-20)17-6-4-15(2)5-7-17/h4-14H,3H2,1-2H3/b20-14-. The van der Waals surface area contributed by atoms with Gasteiger partial charge in [0.2, 0.25) is 5.90 Å². The normalized spacial score (nSPS) is 14.5. The van der Waals surface area contributed by atoms with Crippen molar-refractivity contribution in [2.24, 2.45) is 4.99 Å². The van der Waals surface area contributed by atoms with Crippen LogP contribution in [-0.4, -0.2) is 24.4 Å². The van der Waals surface area contributed by atoms with Crippen molar-refractivity contribution in [1.82, 2.24) is 0 Å². The molecular formula is C24H19NO5. The lowest BCUT2D eigenvalue weighted by Gasteiger charge is -2.02. The summed E-state index contributed by atoms with van der Waals surface area (Å²) in [5.74, 6) is 0.456. The van der Waals surface area contributed by atoms with Crippen LogP contribution < -0.4 is 0 Å². The Bertz CT molecular complexity index is 1150. The van der Waals surface area contributed by atoms with Crippen LogP contribution in [0.3, 0.4) is 0 Å². The highest BCUT2D eigenvalue weighted by molar-refractivity contribution is 6.12. The minimum Gasteiger partial charge on any atom is -0.462 e. The van der Waals surface area contributed by atoms with Crippen molar-refractivity contribution < 1.29 is 23.5 Å². The summed E-state index contributed by atoms with van der Waals surface area (Å²) in [5.41, 5.74) is 3.29. The molecule has 0 saturated heterocycles. The largest absolute Gasteiger partial charge is 0.462 e. The third kappa shape index (κ3) is 4.07. The highest BCUT2D eigenvalue weighted by atomic mass is 16.6. The van der Waals surface area contributed by atoms with Gasteiger partial charge in [-0.05, 0) is 50.2 Å². The van der Waals surface area contributed by atoms with Crippen LogP contribution in [0, 0.1) is 6.92 Å². The lowest BCUT2D eigenvalue weighted by molar-refractivity contribution is -0.129. The summed E-state index contributed by atoms with van der Waals surface area (Å²) in [6.07, 6.45) is 1.54. The van der Waals surface area contributed by atoms with Crippen molar-refractivity contribution >= 4 is 23.9 Å². The topological polar surface area (TPSA) is 78.1 Å². The van der Waals surface area contributed by atoms with E-state index in [9.17, 15) is 9.59 Å². The van der Waals surface area contributed by atoms with Gasteiger partial charge >= 0.3 is 11.9 Å². The molecule has 0 N–H and O–H groups in total. The van der Waals surface area contributed by atoms with Crippen molar-refractivity contribution in [2.45, 2.75) is 13.8 Å². The average Bonchev–Trinajstić information content (AvgIpc) is 3.36. The molecule has 0 atom stereocenters. The lowest BCUT2D eigenvalue weighted by atomic mass is 10.1. The van der Waals surface area contributed by atoms with Crippen LogP contribution in [0.2, 0.25) is 0 Å². The summed E-state index contributed by atoms with van der Waals surface area (Å²) in [5, 5.41) is 0. The SMILES string of the molecule is CCOC(=O)c1ccc(-c2ccc(/C=C3\N=C(c4ccc(C)cc4)OC3=O)o2)cc1. The van der Waals surface area contributed by atoms with Crippen molar-refractivity contribution in [3.05, 3.63) is 88.8 Å². The first-order valence-corrected chi connectivity index (χ1v) is 9.50. The second kappa shape index (κ2) is 8.21. The Balaban J connectivity index is 1.54. The summed E-state index contributed by atoms with van der Waals surface area (Å²) in [6, 6.07) is 18.0. The molecule has 1 aromatic heterocycles. The molecule has 2 heterocycles. The molecule has 0 amide bonds. The van der Waals surface area contributed by atoms with E-state index in [-0.39, 0.29) is 17.6 Å². The van der Waals surface area contributed by atoms with Crippen LogP contribution in [0.25, 0.3) is 17.4 Å². The molecule has 6 heteroatoms. The second-order valence-electron chi connectivity index (χ2n) is 6.70. The Hall–Kier alpha value is -3.93. The van der Waals surface area contributed by atoms with Crippen LogP contribution >= 0.6 is 0 Å². The van der Waals surface area contributed by atoms with Crippen LogP contribution in [-0.2, 0) is 14.3 Å². The van der Waals surface area contributed by atoms with E-state index in [2.05, 4.69) is 4.99 Å². The quantitative estimate of drug-likeness (QED) is 0.454. The fourth-order valence-corrected chi connectivity index (χ4v) is 2.93. The maximum absolute atomic E-state index is 12.2.